The Bertz CT molecular complexity index is 861. The molecule has 0 aliphatic carbocycles. The third-order valence-corrected chi connectivity index (χ3v) is 5.73. The second-order valence-electron chi connectivity index (χ2n) is 6.56. The number of esters is 1. The van der Waals surface area contributed by atoms with Gasteiger partial charge < -0.3 is 14.5 Å². The van der Waals surface area contributed by atoms with Gasteiger partial charge in [0, 0.05) is 11.4 Å². The van der Waals surface area contributed by atoms with E-state index in [1.807, 2.05) is 13.0 Å². The number of halogens is 1. The first-order valence-corrected chi connectivity index (χ1v) is 11.3. The summed E-state index contributed by atoms with van der Waals surface area (Å²) in [5, 5.41) is 8.52. The normalized spacial score (nSPS) is 16.1. The zero-order valence-corrected chi connectivity index (χ0v) is 18.7. The van der Waals surface area contributed by atoms with Gasteiger partial charge in [-0.3, -0.25) is 0 Å². The van der Waals surface area contributed by atoms with Gasteiger partial charge in [0.05, 0.1) is 12.2 Å². The van der Waals surface area contributed by atoms with Crippen LogP contribution in [0.2, 0.25) is 0 Å². The number of thioether (sulfide) groups is 1. The number of carbonyl (C=O) groups excluding carboxylic acids is 1. The second-order valence-corrected chi connectivity index (χ2v) is 8.41. The number of rotatable bonds is 9. The van der Waals surface area contributed by atoms with Crippen molar-refractivity contribution in [1.82, 2.24) is 14.8 Å². The molecule has 3 rings (SSSR count). The predicted molar refractivity (Wildman–Crippen MR) is 112 cm³/mol. The molecule has 1 unspecified atom stereocenters. The summed E-state index contributed by atoms with van der Waals surface area (Å²) in [6.07, 6.45) is 4.01. The van der Waals surface area contributed by atoms with Crippen LogP contribution >= 0.6 is 27.7 Å². The highest BCUT2D eigenvalue weighted by atomic mass is 79.9. The number of ether oxygens (including phenoxy) is 1. The van der Waals surface area contributed by atoms with Crippen molar-refractivity contribution in [3.63, 3.8) is 0 Å². The molecule has 0 radical (unpaired) electrons. The molecule has 0 saturated carbocycles. The summed E-state index contributed by atoms with van der Waals surface area (Å²) in [6, 6.07) is 3.12. The zero-order chi connectivity index (χ0) is 20.1. The lowest BCUT2D eigenvalue weighted by Crippen LogP contribution is -2.29. The van der Waals surface area contributed by atoms with Gasteiger partial charge >= 0.3 is 5.97 Å². The number of nitrogens with zero attached hydrogens (tertiary/aromatic N) is 3. The first-order chi connectivity index (χ1) is 13.5. The van der Waals surface area contributed by atoms with Crippen LogP contribution in [0.4, 0.5) is 5.95 Å². The first kappa shape index (κ1) is 21.0. The highest BCUT2D eigenvalue weighted by Crippen LogP contribution is 2.38. The van der Waals surface area contributed by atoms with E-state index in [1.54, 1.807) is 22.5 Å². The molecule has 9 heteroatoms. The maximum absolute atomic E-state index is 12.9. The van der Waals surface area contributed by atoms with E-state index in [0.717, 1.165) is 31.4 Å². The number of allylic oxidation sites excluding steroid dienone is 1. The molecular weight excluding hydrogens is 444 g/mol. The molecule has 3 heterocycles. The van der Waals surface area contributed by atoms with Gasteiger partial charge in [0.25, 0.3) is 0 Å². The third-order valence-electron chi connectivity index (χ3n) is 4.38. The summed E-state index contributed by atoms with van der Waals surface area (Å²) < 4.78 is 13.6. The quantitative estimate of drug-likeness (QED) is 0.309. The summed E-state index contributed by atoms with van der Waals surface area (Å²) in [7, 11) is 0. The van der Waals surface area contributed by atoms with E-state index in [9.17, 15) is 4.79 Å². The van der Waals surface area contributed by atoms with Crippen LogP contribution in [0.3, 0.4) is 0 Å². The Morgan fingerprint density at radius 2 is 2.14 bits per heavy atom. The number of hydrogen-bond donors (Lipinski definition) is 1. The second kappa shape index (κ2) is 9.65. The van der Waals surface area contributed by atoms with Crippen molar-refractivity contribution in [2.45, 2.75) is 57.7 Å². The summed E-state index contributed by atoms with van der Waals surface area (Å²) in [5.41, 5.74) is 1.18. The highest BCUT2D eigenvalue weighted by molar-refractivity contribution is 9.10. The average molecular weight is 469 g/mol. The Balaban J connectivity index is 1.94. The van der Waals surface area contributed by atoms with Crippen LogP contribution in [-0.2, 0) is 9.53 Å². The molecule has 1 atom stereocenters. The van der Waals surface area contributed by atoms with Gasteiger partial charge in [-0.05, 0) is 47.8 Å². The Morgan fingerprint density at radius 1 is 1.36 bits per heavy atom. The minimum Gasteiger partial charge on any atom is -0.462 e. The van der Waals surface area contributed by atoms with Crippen LogP contribution in [0.15, 0.2) is 37.6 Å². The fourth-order valence-corrected chi connectivity index (χ4v) is 4.12. The summed E-state index contributed by atoms with van der Waals surface area (Å²) in [6.45, 7) is 6.46. The zero-order valence-electron chi connectivity index (χ0n) is 16.3. The molecule has 28 heavy (non-hydrogen) atoms. The van der Waals surface area contributed by atoms with Crippen molar-refractivity contribution in [3.8, 4) is 0 Å². The molecule has 0 bridgehead atoms. The van der Waals surface area contributed by atoms with Crippen molar-refractivity contribution in [3.05, 3.63) is 33.8 Å². The number of carbonyl (C=O) groups is 1. The molecule has 1 aliphatic rings. The number of aromatic nitrogens is 3. The van der Waals surface area contributed by atoms with Crippen LogP contribution in [0.1, 0.15) is 58.3 Å². The molecule has 1 aliphatic heterocycles. The standard InChI is InChI=1S/C19H25BrN4O3S/c1-4-6-10-26-17(25)15-12(3)21-18-22-19(28-11-7-5-2)23-24(18)16(15)13-8-9-14(20)27-13/h8-9,16H,4-7,10-11H2,1-3H3,(H,21,22,23). The van der Waals surface area contributed by atoms with Crippen molar-refractivity contribution in [2.75, 3.05) is 17.7 Å². The van der Waals surface area contributed by atoms with Gasteiger partial charge in [0.15, 0.2) is 4.67 Å². The van der Waals surface area contributed by atoms with E-state index in [-0.39, 0.29) is 5.97 Å². The Morgan fingerprint density at radius 3 is 2.82 bits per heavy atom. The van der Waals surface area contributed by atoms with Crippen molar-refractivity contribution >= 4 is 39.6 Å². The minimum absolute atomic E-state index is 0.364. The van der Waals surface area contributed by atoms with Crippen molar-refractivity contribution < 1.29 is 13.9 Å². The SMILES string of the molecule is CCCCOC(=O)C1=C(C)Nc2nc(SCCCC)nn2C1c1ccc(Br)o1. The Hall–Kier alpha value is -1.74. The van der Waals surface area contributed by atoms with Crippen LogP contribution in [-0.4, -0.2) is 33.1 Å². The molecule has 0 saturated heterocycles. The van der Waals surface area contributed by atoms with Gasteiger partial charge in [-0.15, -0.1) is 5.10 Å². The molecule has 0 spiro atoms. The van der Waals surface area contributed by atoms with Gasteiger partial charge in [-0.25, -0.2) is 9.48 Å². The van der Waals surface area contributed by atoms with Crippen LogP contribution in [0, 0.1) is 0 Å². The van der Waals surface area contributed by atoms with Gasteiger partial charge in [0.2, 0.25) is 11.1 Å². The maximum Gasteiger partial charge on any atom is 0.338 e. The molecule has 0 aromatic carbocycles. The number of anilines is 1. The lowest BCUT2D eigenvalue weighted by Gasteiger charge is -2.26. The number of fused-ring (bicyclic) bond motifs is 1. The maximum atomic E-state index is 12.9. The smallest absolute Gasteiger partial charge is 0.338 e. The molecule has 7 nitrogen and oxygen atoms in total. The fourth-order valence-electron chi connectivity index (χ4n) is 2.89. The van der Waals surface area contributed by atoms with Gasteiger partial charge in [0.1, 0.15) is 11.8 Å². The van der Waals surface area contributed by atoms with Crippen LogP contribution < -0.4 is 5.32 Å². The minimum atomic E-state index is -0.523. The average Bonchev–Trinajstić information content (AvgIpc) is 3.26. The number of furan rings is 1. The van der Waals surface area contributed by atoms with E-state index < -0.39 is 6.04 Å². The van der Waals surface area contributed by atoms with E-state index in [0.29, 0.717) is 39.4 Å². The molecule has 0 fully saturated rings. The predicted octanol–water partition coefficient (Wildman–Crippen LogP) is 5.16. The molecule has 0 amide bonds. The third kappa shape index (κ3) is 4.63. The highest BCUT2D eigenvalue weighted by Gasteiger charge is 2.37. The summed E-state index contributed by atoms with van der Waals surface area (Å²) >= 11 is 4.96. The fraction of sp³-hybridized carbons (Fsp3) is 0.526. The topological polar surface area (TPSA) is 82.2 Å². The molecule has 152 valence electrons. The lowest BCUT2D eigenvalue weighted by molar-refractivity contribution is -0.139. The summed E-state index contributed by atoms with van der Waals surface area (Å²) in [5.74, 6) is 1.79. The van der Waals surface area contributed by atoms with Gasteiger partial charge in [-0.1, -0.05) is 38.5 Å². The first-order valence-electron chi connectivity index (χ1n) is 9.54. The molecular formula is C19H25BrN4O3S. The van der Waals surface area contributed by atoms with E-state index >= 15 is 0 Å². The molecule has 2 aromatic heterocycles. The van der Waals surface area contributed by atoms with Crippen molar-refractivity contribution in [2.24, 2.45) is 0 Å². The number of hydrogen-bond acceptors (Lipinski definition) is 7. The lowest BCUT2D eigenvalue weighted by atomic mass is 10.0. The van der Waals surface area contributed by atoms with E-state index in [1.165, 1.54) is 0 Å². The van der Waals surface area contributed by atoms with Crippen molar-refractivity contribution in [1.29, 1.82) is 0 Å². The van der Waals surface area contributed by atoms with Gasteiger partial charge in [-0.2, -0.15) is 4.98 Å². The molecule has 1 N–H and O–H groups in total. The Labute approximate surface area is 177 Å². The Kier molecular flexibility index (Phi) is 7.23. The summed E-state index contributed by atoms with van der Waals surface area (Å²) in [4.78, 5) is 17.4. The number of nitrogens with one attached hydrogen (secondary N) is 1. The number of unbranched alkanes of at least 4 members (excludes halogenated alkanes) is 2. The monoisotopic (exact) mass is 468 g/mol. The van der Waals surface area contributed by atoms with Crippen LogP contribution in [0.5, 0.6) is 0 Å². The van der Waals surface area contributed by atoms with Crippen LogP contribution in [0.25, 0.3) is 0 Å². The van der Waals surface area contributed by atoms with E-state index in [2.05, 4.69) is 45.2 Å². The molecule has 2 aromatic rings. The van der Waals surface area contributed by atoms with E-state index in [4.69, 9.17) is 9.15 Å². The largest absolute Gasteiger partial charge is 0.462 e.